The van der Waals surface area contributed by atoms with Crippen LogP contribution in [-0.4, -0.2) is 18.0 Å². The van der Waals surface area contributed by atoms with Crippen molar-refractivity contribution in [3.05, 3.63) is 51.2 Å². The molecule has 1 aromatic heterocycles. The summed E-state index contributed by atoms with van der Waals surface area (Å²) in [5, 5.41) is 2.79. The summed E-state index contributed by atoms with van der Waals surface area (Å²) in [6.07, 6.45) is 5.78. The summed E-state index contributed by atoms with van der Waals surface area (Å²) in [4.78, 5) is 26.6. The number of amides is 1. The molecule has 3 rings (SSSR count). The van der Waals surface area contributed by atoms with Gasteiger partial charge in [0.25, 0.3) is 5.91 Å². The van der Waals surface area contributed by atoms with E-state index in [1.807, 2.05) is 30.3 Å². The third-order valence-corrected chi connectivity index (χ3v) is 5.95. The van der Waals surface area contributed by atoms with E-state index < -0.39 is 12.1 Å². The number of nitrogens with one attached hydrogen (secondary N) is 1. The van der Waals surface area contributed by atoms with Crippen molar-refractivity contribution in [1.82, 2.24) is 0 Å². The molecule has 2 aromatic rings. The standard InChI is InChI=1S/C21H25NO3S/c1-3-15-9-11-17(12-10-15)22-20(23)14(2)25-21(24)19-13-16-7-5-4-6-8-18(16)26-19/h9-14H,3-8H2,1-2H3,(H,22,23)/t14-/m1/s1. The predicted octanol–water partition coefficient (Wildman–Crippen LogP) is 4.76. The zero-order valence-corrected chi connectivity index (χ0v) is 16.2. The maximum absolute atomic E-state index is 12.4. The molecular formula is C21H25NO3S. The van der Waals surface area contributed by atoms with Crippen LogP contribution >= 0.6 is 11.3 Å². The van der Waals surface area contributed by atoms with Gasteiger partial charge in [0.15, 0.2) is 6.10 Å². The van der Waals surface area contributed by atoms with Crippen molar-refractivity contribution in [3.63, 3.8) is 0 Å². The number of aryl methyl sites for hydroxylation is 3. The number of esters is 1. The number of thiophene rings is 1. The second kappa shape index (κ2) is 8.49. The van der Waals surface area contributed by atoms with Crippen molar-refractivity contribution < 1.29 is 14.3 Å². The summed E-state index contributed by atoms with van der Waals surface area (Å²) in [5.41, 5.74) is 3.19. The lowest BCUT2D eigenvalue weighted by atomic mass is 10.1. The van der Waals surface area contributed by atoms with Gasteiger partial charge in [-0.3, -0.25) is 4.79 Å². The Kier molecular flexibility index (Phi) is 6.09. The third kappa shape index (κ3) is 4.52. The Morgan fingerprint density at radius 3 is 2.62 bits per heavy atom. The molecule has 0 radical (unpaired) electrons. The average molecular weight is 372 g/mol. The molecule has 138 valence electrons. The van der Waals surface area contributed by atoms with Crippen molar-refractivity contribution in [2.75, 3.05) is 5.32 Å². The van der Waals surface area contributed by atoms with E-state index in [4.69, 9.17) is 4.74 Å². The number of carbonyl (C=O) groups excluding carboxylic acids is 2. The first-order valence-corrected chi connectivity index (χ1v) is 10.1. The van der Waals surface area contributed by atoms with Crippen LogP contribution in [0.4, 0.5) is 5.69 Å². The van der Waals surface area contributed by atoms with E-state index in [9.17, 15) is 9.59 Å². The smallest absolute Gasteiger partial charge is 0.349 e. The van der Waals surface area contributed by atoms with Crippen LogP contribution < -0.4 is 5.32 Å². The van der Waals surface area contributed by atoms with Crippen molar-refractivity contribution in [1.29, 1.82) is 0 Å². The molecule has 0 aliphatic heterocycles. The number of ether oxygens (including phenoxy) is 1. The molecule has 0 fully saturated rings. The van der Waals surface area contributed by atoms with Gasteiger partial charge >= 0.3 is 5.97 Å². The number of rotatable bonds is 5. The highest BCUT2D eigenvalue weighted by Gasteiger charge is 2.22. The Bertz CT molecular complexity index is 756. The van der Waals surface area contributed by atoms with Crippen molar-refractivity contribution in [2.45, 2.75) is 58.5 Å². The number of carbonyl (C=O) groups is 2. The summed E-state index contributed by atoms with van der Waals surface area (Å²) in [7, 11) is 0. The zero-order valence-electron chi connectivity index (χ0n) is 15.3. The van der Waals surface area contributed by atoms with Crippen LogP contribution in [0.2, 0.25) is 0 Å². The summed E-state index contributed by atoms with van der Waals surface area (Å²) in [6.45, 7) is 3.69. The maximum Gasteiger partial charge on any atom is 0.349 e. The van der Waals surface area contributed by atoms with Crippen molar-refractivity contribution in [3.8, 4) is 0 Å². The second-order valence-corrected chi connectivity index (χ2v) is 7.84. The predicted molar refractivity (Wildman–Crippen MR) is 105 cm³/mol. The molecule has 1 amide bonds. The number of hydrogen-bond donors (Lipinski definition) is 1. The fraction of sp³-hybridized carbons (Fsp3) is 0.429. The summed E-state index contributed by atoms with van der Waals surface area (Å²) in [5.74, 6) is -0.729. The molecule has 0 saturated heterocycles. The van der Waals surface area contributed by atoms with E-state index in [0.29, 0.717) is 10.6 Å². The number of benzene rings is 1. The highest BCUT2D eigenvalue weighted by molar-refractivity contribution is 7.14. The van der Waals surface area contributed by atoms with Gasteiger partial charge in [-0.2, -0.15) is 0 Å². The summed E-state index contributed by atoms with van der Waals surface area (Å²) >= 11 is 1.51. The van der Waals surface area contributed by atoms with Crippen LogP contribution in [0.25, 0.3) is 0 Å². The van der Waals surface area contributed by atoms with Crippen molar-refractivity contribution >= 4 is 28.9 Å². The van der Waals surface area contributed by atoms with E-state index in [1.54, 1.807) is 6.92 Å². The molecule has 0 spiro atoms. The van der Waals surface area contributed by atoms with Crippen molar-refractivity contribution in [2.24, 2.45) is 0 Å². The molecule has 26 heavy (non-hydrogen) atoms. The van der Waals surface area contributed by atoms with Crippen LogP contribution in [0.5, 0.6) is 0 Å². The van der Waals surface area contributed by atoms with Gasteiger partial charge in [-0.25, -0.2) is 4.79 Å². The molecule has 1 atom stereocenters. The van der Waals surface area contributed by atoms with Gasteiger partial charge in [0.05, 0.1) is 0 Å². The van der Waals surface area contributed by atoms with Gasteiger partial charge in [0.1, 0.15) is 4.88 Å². The van der Waals surface area contributed by atoms with E-state index in [1.165, 1.54) is 46.6 Å². The lowest BCUT2D eigenvalue weighted by molar-refractivity contribution is -0.123. The third-order valence-electron chi connectivity index (χ3n) is 4.73. The SMILES string of the molecule is CCc1ccc(NC(=O)[C@@H](C)OC(=O)c2cc3c(s2)CCCCC3)cc1. The van der Waals surface area contributed by atoms with E-state index >= 15 is 0 Å². The first-order valence-electron chi connectivity index (χ1n) is 9.29. The minimum absolute atomic E-state index is 0.319. The Balaban J connectivity index is 1.58. The lowest BCUT2D eigenvalue weighted by Gasteiger charge is -2.13. The Morgan fingerprint density at radius 2 is 1.88 bits per heavy atom. The Hall–Kier alpha value is -2.14. The molecule has 1 aliphatic rings. The highest BCUT2D eigenvalue weighted by Crippen LogP contribution is 2.29. The first-order chi connectivity index (χ1) is 12.6. The maximum atomic E-state index is 12.4. The molecule has 5 heteroatoms. The van der Waals surface area contributed by atoms with E-state index in [2.05, 4.69) is 12.2 Å². The number of anilines is 1. The van der Waals surface area contributed by atoms with Gasteiger partial charge in [-0.1, -0.05) is 25.5 Å². The second-order valence-electron chi connectivity index (χ2n) is 6.71. The fourth-order valence-corrected chi connectivity index (χ4v) is 4.24. The Morgan fingerprint density at radius 1 is 1.15 bits per heavy atom. The molecule has 0 unspecified atom stereocenters. The van der Waals surface area contributed by atoms with Gasteiger partial charge < -0.3 is 10.1 Å². The minimum atomic E-state index is -0.838. The first kappa shape index (κ1) is 18.6. The molecule has 4 nitrogen and oxygen atoms in total. The van der Waals surface area contributed by atoms with Crippen LogP contribution in [-0.2, 0) is 28.8 Å². The van der Waals surface area contributed by atoms with E-state index in [-0.39, 0.29) is 5.91 Å². The van der Waals surface area contributed by atoms with Crippen LogP contribution in [0.15, 0.2) is 30.3 Å². The number of hydrogen-bond acceptors (Lipinski definition) is 4. The van der Waals surface area contributed by atoms with Gasteiger partial charge in [0, 0.05) is 10.6 Å². The highest BCUT2D eigenvalue weighted by atomic mass is 32.1. The average Bonchev–Trinajstić information content (AvgIpc) is 2.93. The fourth-order valence-electron chi connectivity index (χ4n) is 3.11. The Labute approximate surface area is 158 Å². The molecule has 0 bridgehead atoms. The molecule has 1 heterocycles. The lowest BCUT2D eigenvalue weighted by Crippen LogP contribution is -2.29. The molecular weight excluding hydrogens is 346 g/mol. The molecule has 1 aromatic carbocycles. The number of fused-ring (bicyclic) bond motifs is 1. The van der Waals surface area contributed by atoms with Crippen LogP contribution in [0.1, 0.15) is 58.8 Å². The van der Waals surface area contributed by atoms with Gasteiger partial charge in [-0.05, 0) is 68.4 Å². The summed E-state index contributed by atoms with van der Waals surface area (Å²) < 4.78 is 5.38. The zero-order chi connectivity index (χ0) is 18.5. The van der Waals surface area contributed by atoms with Gasteiger partial charge in [-0.15, -0.1) is 11.3 Å². The normalized spacial score (nSPS) is 14.8. The van der Waals surface area contributed by atoms with Crippen LogP contribution in [0.3, 0.4) is 0 Å². The molecule has 1 aliphatic carbocycles. The summed E-state index contributed by atoms with van der Waals surface area (Å²) in [6, 6.07) is 9.63. The minimum Gasteiger partial charge on any atom is -0.448 e. The van der Waals surface area contributed by atoms with Gasteiger partial charge in [0.2, 0.25) is 0 Å². The van der Waals surface area contributed by atoms with E-state index in [0.717, 1.165) is 19.3 Å². The molecule has 0 saturated carbocycles. The van der Waals surface area contributed by atoms with Crippen LogP contribution in [0, 0.1) is 0 Å². The monoisotopic (exact) mass is 371 g/mol. The topological polar surface area (TPSA) is 55.4 Å². The largest absolute Gasteiger partial charge is 0.448 e. The molecule has 1 N–H and O–H groups in total. The quantitative estimate of drug-likeness (QED) is 0.609.